The summed E-state index contributed by atoms with van der Waals surface area (Å²) in [6, 6.07) is 6.22. The van der Waals surface area contributed by atoms with E-state index in [1.165, 1.54) is 6.07 Å². The second kappa shape index (κ2) is 7.76. The van der Waals surface area contributed by atoms with Crippen LogP contribution >= 0.6 is 0 Å². The zero-order valence-corrected chi connectivity index (χ0v) is 12.8. The second-order valence-electron chi connectivity index (χ2n) is 5.46. The average Bonchev–Trinajstić information content (AvgIpc) is 2.45. The summed E-state index contributed by atoms with van der Waals surface area (Å²) in [7, 11) is 0. The third kappa shape index (κ3) is 4.85. The van der Waals surface area contributed by atoms with Gasteiger partial charge in [0.2, 0.25) is 11.8 Å². The highest BCUT2D eigenvalue weighted by Gasteiger charge is 2.31. The number of hydrogen-bond donors (Lipinski definition) is 2. The first-order valence-electron chi connectivity index (χ1n) is 7.19. The topological polar surface area (TPSA) is 58.2 Å². The zero-order valence-electron chi connectivity index (χ0n) is 12.8. The third-order valence-corrected chi connectivity index (χ3v) is 3.32. The molecule has 21 heavy (non-hydrogen) atoms. The smallest absolute Gasteiger partial charge is 0.230 e. The van der Waals surface area contributed by atoms with Gasteiger partial charge in [-0.25, -0.2) is 4.39 Å². The first kappa shape index (κ1) is 17.1. The molecule has 0 aliphatic rings. The Morgan fingerprint density at radius 2 is 1.81 bits per heavy atom. The zero-order chi connectivity index (χ0) is 15.9. The number of hydrogen-bond acceptors (Lipinski definition) is 2. The van der Waals surface area contributed by atoms with Gasteiger partial charge in [0, 0.05) is 25.1 Å². The van der Waals surface area contributed by atoms with E-state index in [9.17, 15) is 14.0 Å². The summed E-state index contributed by atoms with van der Waals surface area (Å²) in [5.41, 5.74) is -0.636. The molecule has 2 N–H and O–H groups in total. The molecule has 5 heteroatoms. The SMILES string of the molecule is CCCNC(=O)CCNC(=O)C(C)(C)c1ccccc1F. The molecule has 2 amide bonds. The number of nitrogens with one attached hydrogen (secondary N) is 2. The van der Waals surface area contributed by atoms with Gasteiger partial charge in [0.25, 0.3) is 0 Å². The van der Waals surface area contributed by atoms with E-state index in [2.05, 4.69) is 10.6 Å². The van der Waals surface area contributed by atoms with Crippen molar-refractivity contribution in [3.8, 4) is 0 Å². The van der Waals surface area contributed by atoms with Gasteiger partial charge in [-0.2, -0.15) is 0 Å². The maximum absolute atomic E-state index is 13.8. The Morgan fingerprint density at radius 1 is 1.14 bits per heavy atom. The quantitative estimate of drug-likeness (QED) is 0.809. The van der Waals surface area contributed by atoms with Crippen LogP contribution in [0.25, 0.3) is 0 Å². The highest BCUT2D eigenvalue weighted by Crippen LogP contribution is 2.25. The van der Waals surface area contributed by atoms with Crippen molar-refractivity contribution >= 4 is 11.8 Å². The molecule has 0 aliphatic carbocycles. The highest BCUT2D eigenvalue weighted by atomic mass is 19.1. The van der Waals surface area contributed by atoms with Crippen molar-refractivity contribution in [3.63, 3.8) is 0 Å². The summed E-state index contributed by atoms with van der Waals surface area (Å²) in [6.07, 6.45) is 1.09. The lowest BCUT2D eigenvalue weighted by Crippen LogP contribution is -2.42. The second-order valence-corrected chi connectivity index (χ2v) is 5.46. The minimum Gasteiger partial charge on any atom is -0.356 e. The Morgan fingerprint density at radius 3 is 2.43 bits per heavy atom. The molecule has 4 nitrogen and oxygen atoms in total. The van der Waals surface area contributed by atoms with Gasteiger partial charge in [-0.1, -0.05) is 25.1 Å². The normalized spacial score (nSPS) is 11.0. The maximum Gasteiger partial charge on any atom is 0.230 e. The van der Waals surface area contributed by atoms with E-state index in [-0.39, 0.29) is 24.8 Å². The summed E-state index contributed by atoms with van der Waals surface area (Å²) < 4.78 is 13.8. The highest BCUT2D eigenvalue weighted by molar-refractivity contribution is 5.87. The van der Waals surface area contributed by atoms with Crippen LogP contribution < -0.4 is 10.6 Å². The lowest BCUT2D eigenvalue weighted by atomic mass is 9.83. The average molecular weight is 294 g/mol. The Balaban J connectivity index is 2.55. The van der Waals surface area contributed by atoms with Gasteiger partial charge in [0.1, 0.15) is 5.82 Å². The molecule has 0 saturated carbocycles. The first-order chi connectivity index (χ1) is 9.89. The summed E-state index contributed by atoms with van der Waals surface area (Å²) in [6.45, 7) is 6.18. The van der Waals surface area contributed by atoms with Crippen LogP contribution in [0.4, 0.5) is 4.39 Å². The molecule has 0 fully saturated rings. The molecule has 0 unspecified atom stereocenters. The molecule has 0 bridgehead atoms. The van der Waals surface area contributed by atoms with Crippen molar-refractivity contribution in [1.29, 1.82) is 0 Å². The minimum absolute atomic E-state index is 0.0964. The molecular formula is C16H23FN2O2. The van der Waals surface area contributed by atoms with Crippen molar-refractivity contribution in [1.82, 2.24) is 10.6 Å². The number of halogens is 1. The van der Waals surface area contributed by atoms with E-state index in [1.54, 1.807) is 32.0 Å². The standard InChI is InChI=1S/C16H23FN2O2/c1-4-10-18-14(20)9-11-19-15(21)16(2,3)12-7-5-6-8-13(12)17/h5-8H,4,9-11H2,1-3H3,(H,18,20)(H,19,21). The number of benzene rings is 1. The lowest BCUT2D eigenvalue weighted by Gasteiger charge is -2.24. The van der Waals surface area contributed by atoms with Crippen LogP contribution in [0.3, 0.4) is 0 Å². The molecule has 116 valence electrons. The predicted octanol–water partition coefficient (Wildman–Crippen LogP) is 2.14. The van der Waals surface area contributed by atoms with Crippen molar-refractivity contribution in [3.05, 3.63) is 35.6 Å². The number of carbonyl (C=O) groups excluding carboxylic acids is 2. The Bertz CT molecular complexity index is 501. The predicted molar refractivity (Wildman–Crippen MR) is 80.4 cm³/mol. The van der Waals surface area contributed by atoms with Gasteiger partial charge in [0.15, 0.2) is 0 Å². The molecule has 0 spiro atoms. The fourth-order valence-corrected chi connectivity index (χ4v) is 1.95. The molecule has 0 heterocycles. The van der Waals surface area contributed by atoms with Crippen LogP contribution in [-0.2, 0) is 15.0 Å². The Hall–Kier alpha value is -1.91. The number of carbonyl (C=O) groups is 2. The van der Waals surface area contributed by atoms with E-state index in [1.807, 2.05) is 6.92 Å². The summed E-state index contributed by atoms with van der Waals surface area (Å²) in [5.74, 6) is -0.796. The van der Waals surface area contributed by atoms with Gasteiger partial charge in [0.05, 0.1) is 5.41 Å². The number of amides is 2. The first-order valence-corrected chi connectivity index (χ1v) is 7.19. The molecule has 0 atom stereocenters. The van der Waals surface area contributed by atoms with E-state index in [0.717, 1.165) is 6.42 Å². The van der Waals surface area contributed by atoms with E-state index in [0.29, 0.717) is 12.1 Å². The molecule has 1 rings (SSSR count). The fourth-order valence-electron chi connectivity index (χ4n) is 1.95. The van der Waals surface area contributed by atoms with Gasteiger partial charge in [-0.3, -0.25) is 9.59 Å². The van der Waals surface area contributed by atoms with Crippen LogP contribution in [-0.4, -0.2) is 24.9 Å². The van der Waals surface area contributed by atoms with Crippen molar-refractivity contribution in [2.24, 2.45) is 0 Å². The largest absolute Gasteiger partial charge is 0.356 e. The molecular weight excluding hydrogens is 271 g/mol. The fraction of sp³-hybridized carbons (Fsp3) is 0.500. The van der Waals surface area contributed by atoms with Gasteiger partial charge in [-0.15, -0.1) is 0 Å². The number of rotatable bonds is 7. The van der Waals surface area contributed by atoms with E-state index >= 15 is 0 Å². The summed E-state index contributed by atoms with van der Waals surface area (Å²) >= 11 is 0. The molecule has 1 aromatic rings. The van der Waals surface area contributed by atoms with Crippen molar-refractivity contribution < 1.29 is 14.0 Å². The third-order valence-electron chi connectivity index (χ3n) is 3.32. The molecule has 1 aromatic carbocycles. The van der Waals surface area contributed by atoms with Gasteiger partial charge >= 0.3 is 0 Å². The van der Waals surface area contributed by atoms with Crippen molar-refractivity contribution in [2.45, 2.75) is 39.0 Å². The molecule has 0 radical (unpaired) electrons. The van der Waals surface area contributed by atoms with Crippen LogP contribution in [0, 0.1) is 5.82 Å². The van der Waals surface area contributed by atoms with Crippen LogP contribution in [0.1, 0.15) is 39.2 Å². The van der Waals surface area contributed by atoms with E-state index in [4.69, 9.17) is 0 Å². The van der Waals surface area contributed by atoms with E-state index < -0.39 is 11.2 Å². The lowest BCUT2D eigenvalue weighted by molar-refractivity contribution is -0.126. The van der Waals surface area contributed by atoms with Gasteiger partial charge < -0.3 is 10.6 Å². The molecule has 0 saturated heterocycles. The summed E-state index contributed by atoms with van der Waals surface area (Å²) in [5, 5.41) is 5.42. The maximum atomic E-state index is 13.8. The Labute approximate surface area is 125 Å². The summed E-state index contributed by atoms with van der Waals surface area (Å²) in [4.78, 5) is 23.6. The van der Waals surface area contributed by atoms with Crippen LogP contribution in [0.15, 0.2) is 24.3 Å². The monoisotopic (exact) mass is 294 g/mol. The Kier molecular flexibility index (Phi) is 6.34. The minimum atomic E-state index is -0.981. The van der Waals surface area contributed by atoms with Crippen LogP contribution in [0.2, 0.25) is 0 Å². The van der Waals surface area contributed by atoms with Gasteiger partial charge in [-0.05, 0) is 26.3 Å². The van der Waals surface area contributed by atoms with Crippen molar-refractivity contribution in [2.75, 3.05) is 13.1 Å². The van der Waals surface area contributed by atoms with Crippen LogP contribution in [0.5, 0.6) is 0 Å². The molecule has 0 aliphatic heterocycles. The molecule has 0 aromatic heterocycles.